The van der Waals surface area contributed by atoms with Gasteiger partial charge in [0.25, 0.3) is 0 Å². The highest BCUT2D eigenvalue weighted by Gasteiger charge is 2.16. The highest BCUT2D eigenvalue weighted by molar-refractivity contribution is 9.10. The third-order valence-electron chi connectivity index (χ3n) is 3.19. The fraction of sp³-hybridized carbons (Fsp3) is 0.571. The summed E-state index contributed by atoms with van der Waals surface area (Å²) < 4.78 is 1.19. The van der Waals surface area contributed by atoms with Crippen LogP contribution in [0, 0.1) is 0 Å². The highest BCUT2D eigenvalue weighted by atomic mass is 79.9. The number of nitrogens with one attached hydrogen (secondary N) is 1. The summed E-state index contributed by atoms with van der Waals surface area (Å²) in [5.41, 5.74) is 2.90. The lowest BCUT2D eigenvalue weighted by atomic mass is 10.0. The third-order valence-corrected chi connectivity index (χ3v) is 3.68. The second-order valence-electron chi connectivity index (χ2n) is 4.97. The molecule has 0 unspecified atom stereocenters. The van der Waals surface area contributed by atoms with Gasteiger partial charge in [-0.25, -0.2) is 0 Å². The fourth-order valence-electron chi connectivity index (χ4n) is 2.36. The zero-order valence-corrected chi connectivity index (χ0v) is 12.3. The van der Waals surface area contributed by atoms with Crippen LogP contribution in [-0.2, 0) is 6.42 Å². The number of hydrogen-bond donors (Lipinski definition) is 1. The normalized spacial score (nSPS) is 15.2. The minimum Gasteiger partial charge on any atom is -0.370 e. The lowest BCUT2D eigenvalue weighted by Crippen LogP contribution is -2.37. The molecular weight excluding hydrogens is 276 g/mol. The first-order valence-corrected chi connectivity index (χ1v) is 7.23. The van der Waals surface area contributed by atoms with E-state index in [4.69, 9.17) is 0 Å². The molecule has 0 saturated heterocycles. The van der Waals surface area contributed by atoms with E-state index in [2.05, 4.69) is 58.2 Å². The van der Waals surface area contributed by atoms with Crippen LogP contribution in [0.25, 0.3) is 0 Å². The van der Waals surface area contributed by atoms with Gasteiger partial charge in [-0.05, 0) is 36.6 Å². The molecule has 0 aliphatic carbocycles. The van der Waals surface area contributed by atoms with E-state index in [9.17, 15) is 0 Å². The first kappa shape index (κ1) is 12.9. The van der Waals surface area contributed by atoms with Crippen molar-refractivity contribution in [3.8, 4) is 0 Å². The second kappa shape index (κ2) is 5.87. The molecule has 94 valence electrons. The lowest BCUT2D eigenvalue weighted by molar-refractivity contribution is 0.572. The van der Waals surface area contributed by atoms with Gasteiger partial charge in [-0.15, -0.1) is 0 Å². The van der Waals surface area contributed by atoms with Gasteiger partial charge < -0.3 is 10.2 Å². The van der Waals surface area contributed by atoms with Crippen LogP contribution in [0.2, 0.25) is 0 Å². The summed E-state index contributed by atoms with van der Waals surface area (Å²) in [5, 5.41) is 3.48. The zero-order valence-electron chi connectivity index (χ0n) is 10.7. The van der Waals surface area contributed by atoms with Crippen LogP contribution in [0.3, 0.4) is 0 Å². The quantitative estimate of drug-likeness (QED) is 0.918. The Kier molecular flexibility index (Phi) is 4.46. The van der Waals surface area contributed by atoms with Crippen LogP contribution >= 0.6 is 15.9 Å². The summed E-state index contributed by atoms with van der Waals surface area (Å²) in [6.07, 6.45) is 2.48. The van der Waals surface area contributed by atoms with Crippen molar-refractivity contribution >= 4 is 21.6 Å². The van der Waals surface area contributed by atoms with Crippen LogP contribution in [0.5, 0.6) is 0 Å². The van der Waals surface area contributed by atoms with Gasteiger partial charge in [0.2, 0.25) is 0 Å². The SMILES string of the molecule is CC(C)NCCN1CCCc2cc(Br)ccc21. The Hall–Kier alpha value is -0.540. The number of fused-ring (bicyclic) bond motifs is 1. The lowest BCUT2D eigenvalue weighted by Gasteiger charge is -2.31. The molecule has 1 aromatic rings. The Morgan fingerprint density at radius 3 is 3.00 bits per heavy atom. The largest absolute Gasteiger partial charge is 0.370 e. The van der Waals surface area contributed by atoms with Gasteiger partial charge in [0.1, 0.15) is 0 Å². The first-order chi connectivity index (χ1) is 8.16. The molecule has 1 aliphatic rings. The maximum absolute atomic E-state index is 3.55. The summed E-state index contributed by atoms with van der Waals surface area (Å²) in [7, 11) is 0. The van der Waals surface area contributed by atoms with Gasteiger partial charge in [0.15, 0.2) is 0 Å². The maximum Gasteiger partial charge on any atom is 0.0399 e. The van der Waals surface area contributed by atoms with Gasteiger partial charge in [0.05, 0.1) is 0 Å². The minimum atomic E-state index is 0.573. The Bertz CT molecular complexity index is 376. The van der Waals surface area contributed by atoms with Crippen molar-refractivity contribution in [1.29, 1.82) is 0 Å². The summed E-state index contributed by atoms with van der Waals surface area (Å²) in [4.78, 5) is 2.50. The van der Waals surface area contributed by atoms with Crippen molar-refractivity contribution in [2.75, 3.05) is 24.5 Å². The Labute approximate surface area is 113 Å². The molecule has 0 atom stereocenters. The summed E-state index contributed by atoms with van der Waals surface area (Å²) in [5.74, 6) is 0. The number of rotatable bonds is 4. The molecule has 3 heteroatoms. The predicted octanol–water partition coefficient (Wildman–Crippen LogP) is 3.20. The van der Waals surface area contributed by atoms with E-state index in [0.29, 0.717) is 6.04 Å². The molecule has 1 aliphatic heterocycles. The van der Waals surface area contributed by atoms with Crippen LogP contribution in [0.15, 0.2) is 22.7 Å². The Balaban J connectivity index is 2.02. The van der Waals surface area contributed by atoms with Gasteiger partial charge >= 0.3 is 0 Å². The molecule has 1 N–H and O–H groups in total. The molecule has 2 nitrogen and oxygen atoms in total. The van der Waals surface area contributed by atoms with E-state index in [1.807, 2.05) is 0 Å². The number of hydrogen-bond acceptors (Lipinski definition) is 2. The van der Waals surface area contributed by atoms with Gasteiger partial charge in [-0.1, -0.05) is 29.8 Å². The molecule has 2 rings (SSSR count). The van der Waals surface area contributed by atoms with E-state index < -0.39 is 0 Å². The molecular formula is C14H21BrN2. The average Bonchev–Trinajstić information content (AvgIpc) is 2.28. The minimum absolute atomic E-state index is 0.573. The fourth-order valence-corrected chi connectivity index (χ4v) is 2.77. The van der Waals surface area contributed by atoms with Crippen molar-refractivity contribution in [2.45, 2.75) is 32.7 Å². The molecule has 0 spiro atoms. The summed E-state index contributed by atoms with van der Waals surface area (Å²) in [6.45, 7) is 7.75. The highest BCUT2D eigenvalue weighted by Crippen LogP contribution is 2.29. The van der Waals surface area contributed by atoms with Gasteiger partial charge in [-0.3, -0.25) is 0 Å². The standard InChI is InChI=1S/C14H21BrN2/c1-11(2)16-7-9-17-8-3-4-12-10-13(15)5-6-14(12)17/h5-6,10-11,16H,3-4,7-9H2,1-2H3. The van der Waals surface area contributed by atoms with E-state index in [1.165, 1.54) is 35.1 Å². The van der Waals surface area contributed by atoms with Crippen LogP contribution in [0.1, 0.15) is 25.8 Å². The monoisotopic (exact) mass is 296 g/mol. The molecule has 1 heterocycles. The number of anilines is 1. The number of nitrogens with zero attached hydrogens (tertiary/aromatic N) is 1. The van der Waals surface area contributed by atoms with E-state index >= 15 is 0 Å². The third kappa shape index (κ3) is 3.46. The molecule has 0 radical (unpaired) electrons. The van der Waals surface area contributed by atoms with Crippen molar-refractivity contribution in [2.24, 2.45) is 0 Å². The van der Waals surface area contributed by atoms with Crippen molar-refractivity contribution in [1.82, 2.24) is 5.32 Å². The second-order valence-corrected chi connectivity index (χ2v) is 5.89. The van der Waals surface area contributed by atoms with Crippen molar-refractivity contribution in [3.63, 3.8) is 0 Å². The molecule has 0 saturated carbocycles. The smallest absolute Gasteiger partial charge is 0.0399 e. The molecule has 0 amide bonds. The van der Waals surface area contributed by atoms with Gasteiger partial charge in [-0.2, -0.15) is 0 Å². The van der Waals surface area contributed by atoms with E-state index in [1.54, 1.807) is 0 Å². The van der Waals surface area contributed by atoms with E-state index in [-0.39, 0.29) is 0 Å². The molecule has 1 aromatic carbocycles. The van der Waals surface area contributed by atoms with Crippen molar-refractivity contribution in [3.05, 3.63) is 28.2 Å². The number of benzene rings is 1. The average molecular weight is 297 g/mol. The predicted molar refractivity (Wildman–Crippen MR) is 77.8 cm³/mol. The maximum atomic E-state index is 3.55. The summed E-state index contributed by atoms with van der Waals surface area (Å²) in [6, 6.07) is 7.22. The molecule has 0 aromatic heterocycles. The Morgan fingerprint density at radius 2 is 2.24 bits per heavy atom. The number of aryl methyl sites for hydroxylation is 1. The zero-order chi connectivity index (χ0) is 12.3. The first-order valence-electron chi connectivity index (χ1n) is 6.43. The van der Waals surface area contributed by atoms with E-state index in [0.717, 1.165) is 13.1 Å². The van der Waals surface area contributed by atoms with Crippen LogP contribution in [0.4, 0.5) is 5.69 Å². The topological polar surface area (TPSA) is 15.3 Å². The van der Waals surface area contributed by atoms with Crippen LogP contribution < -0.4 is 10.2 Å². The summed E-state index contributed by atoms with van der Waals surface area (Å²) >= 11 is 3.55. The molecule has 17 heavy (non-hydrogen) atoms. The van der Waals surface area contributed by atoms with Gasteiger partial charge in [0, 0.05) is 35.8 Å². The van der Waals surface area contributed by atoms with Crippen molar-refractivity contribution < 1.29 is 0 Å². The molecule has 0 bridgehead atoms. The number of halogens is 1. The van der Waals surface area contributed by atoms with Crippen LogP contribution in [-0.4, -0.2) is 25.7 Å². The Morgan fingerprint density at radius 1 is 1.41 bits per heavy atom. The molecule has 0 fully saturated rings.